The van der Waals surface area contributed by atoms with Gasteiger partial charge in [-0.3, -0.25) is 4.79 Å². The molecular formula is C19H16N6OS. The monoisotopic (exact) mass is 376 g/mol. The van der Waals surface area contributed by atoms with Crippen LogP contribution >= 0.6 is 11.3 Å². The number of anilines is 1. The van der Waals surface area contributed by atoms with Gasteiger partial charge in [0.05, 0.1) is 17.8 Å². The van der Waals surface area contributed by atoms with E-state index in [1.807, 2.05) is 60.8 Å². The van der Waals surface area contributed by atoms with Gasteiger partial charge < -0.3 is 5.32 Å². The van der Waals surface area contributed by atoms with E-state index in [9.17, 15) is 4.79 Å². The second kappa shape index (κ2) is 7.46. The number of hydrogen-bond acceptors (Lipinski definition) is 6. The van der Waals surface area contributed by atoms with Crippen molar-refractivity contribution < 1.29 is 4.79 Å². The first-order valence-corrected chi connectivity index (χ1v) is 9.21. The lowest BCUT2D eigenvalue weighted by Crippen LogP contribution is -2.16. The zero-order valence-electron chi connectivity index (χ0n) is 14.5. The summed E-state index contributed by atoms with van der Waals surface area (Å²) in [4.78, 5) is 17.1. The molecule has 4 aromatic rings. The molecule has 0 saturated carbocycles. The van der Waals surface area contributed by atoms with E-state index in [0.29, 0.717) is 0 Å². The topological polar surface area (TPSA) is 85.6 Å². The van der Waals surface area contributed by atoms with Crippen LogP contribution in [-0.4, -0.2) is 31.1 Å². The van der Waals surface area contributed by atoms with E-state index in [1.54, 1.807) is 4.68 Å². The summed E-state index contributed by atoms with van der Waals surface area (Å²) >= 11 is 1.54. The summed E-state index contributed by atoms with van der Waals surface area (Å²) in [5.74, 6) is -0.114. The fraction of sp³-hybridized carbons (Fsp3) is 0.105. The van der Waals surface area contributed by atoms with Crippen LogP contribution in [0.2, 0.25) is 0 Å². The Labute approximate surface area is 159 Å². The number of tetrazole rings is 1. The smallest absolute Gasteiger partial charge is 0.230 e. The number of hydrogen-bond donors (Lipinski definition) is 1. The van der Waals surface area contributed by atoms with Crippen molar-refractivity contribution in [3.05, 3.63) is 71.5 Å². The maximum atomic E-state index is 12.5. The highest BCUT2D eigenvalue weighted by Crippen LogP contribution is 2.24. The van der Waals surface area contributed by atoms with Gasteiger partial charge in [-0.2, -0.15) is 0 Å². The highest BCUT2D eigenvalue weighted by atomic mass is 32.1. The predicted molar refractivity (Wildman–Crippen MR) is 104 cm³/mol. The Bertz CT molecular complexity index is 1060. The Kier molecular flexibility index (Phi) is 4.71. The number of carbonyl (C=O) groups excluding carboxylic acids is 1. The van der Waals surface area contributed by atoms with E-state index >= 15 is 0 Å². The molecule has 0 bridgehead atoms. The van der Waals surface area contributed by atoms with Gasteiger partial charge in [0.2, 0.25) is 5.91 Å². The molecule has 0 radical (unpaired) electrons. The Morgan fingerprint density at radius 1 is 1.15 bits per heavy atom. The molecule has 2 heterocycles. The summed E-state index contributed by atoms with van der Waals surface area (Å²) in [5, 5.41) is 17.0. The van der Waals surface area contributed by atoms with E-state index < -0.39 is 0 Å². The molecule has 2 aromatic carbocycles. The molecule has 0 aliphatic carbocycles. The lowest BCUT2D eigenvalue weighted by Gasteiger charge is -2.11. The third-order valence-electron chi connectivity index (χ3n) is 4.09. The predicted octanol–water partition coefficient (Wildman–Crippen LogP) is 3.28. The van der Waals surface area contributed by atoms with Crippen LogP contribution in [0.3, 0.4) is 0 Å². The molecule has 0 saturated heterocycles. The number of rotatable bonds is 5. The lowest BCUT2D eigenvalue weighted by molar-refractivity contribution is -0.115. The van der Waals surface area contributed by atoms with Gasteiger partial charge in [-0.15, -0.1) is 16.4 Å². The highest BCUT2D eigenvalue weighted by molar-refractivity contribution is 7.13. The molecule has 0 aliphatic heterocycles. The second-order valence-corrected chi connectivity index (χ2v) is 6.80. The highest BCUT2D eigenvalue weighted by Gasteiger charge is 2.12. The molecule has 2 aromatic heterocycles. The Morgan fingerprint density at radius 2 is 2.00 bits per heavy atom. The molecule has 0 spiro atoms. The van der Waals surface area contributed by atoms with Gasteiger partial charge in [0, 0.05) is 16.6 Å². The summed E-state index contributed by atoms with van der Waals surface area (Å²) in [6.45, 7) is 1.92. The minimum atomic E-state index is -0.114. The average molecular weight is 376 g/mol. The van der Waals surface area contributed by atoms with Crippen molar-refractivity contribution in [2.24, 2.45) is 0 Å². The Balaban J connectivity index is 1.48. The summed E-state index contributed by atoms with van der Waals surface area (Å²) in [7, 11) is 0. The zero-order chi connectivity index (χ0) is 18.6. The quantitative estimate of drug-likeness (QED) is 0.578. The molecule has 1 N–H and O–H groups in total. The van der Waals surface area contributed by atoms with Gasteiger partial charge in [0.1, 0.15) is 11.3 Å². The van der Waals surface area contributed by atoms with Crippen LogP contribution in [0.4, 0.5) is 5.69 Å². The van der Waals surface area contributed by atoms with Gasteiger partial charge >= 0.3 is 0 Å². The molecule has 0 atom stereocenters. The molecule has 7 nitrogen and oxygen atoms in total. The number of nitrogens with zero attached hydrogens (tertiary/aromatic N) is 5. The van der Waals surface area contributed by atoms with E-state index in [1.165, 1.54) is 17.7 Å². The number of aromatic nitrogens is 5. The van der Waals surface area contributed by atoms with Crippen LogP contribution in [-0.2, 0) is 11.2 Å². The van der Waals surface area contributed by atoms with E-state index in [0.717, 1.165) is 33.2 Å². The van der Waals surface area contributed by atoms with Crippen LogP contribution in [0.5, 0.6) is 0 Å². The number of thiazole rings is 1. The van der Waals surface area contributed by atoms with Gasteiger partial charge in [-0.1, -0.05) is 36.4 Å². The molecule has 0 aliphatic rings. The first-order chi connectivity index (χ1) is 13.2. The van der Waals surface area contributed by atoms with Crippen LogP contribution in [0.15, 0.2) is 60.2 Å². The van der Waals surface area contributed by atoms with Crippen LogP contribution in [0.25, 0.3) is 16.3 Å². The van der Waals surface area contributed by atoms with Gasteiger partial charge in [-0.05, 0) is 35.0 Å². The summed E-state index contributed by atoms with van der Waals surface area (Å²) in [6.07, 6.45) is 1.74. The van der Waals surface area contributed by atoms with Crippen molar-refractivity contribution in [3.8, 4) is 16.3 Å². The molecule has 4 rings (SSSR count). The van der Waals surface area contributed by atoms with Gasteiger partial charge in [0.25, 0.3) is 0 Å². The fourth-order valence-electron chi connectivity index (χ4n) is 2.74. The Morgan fingerprint density at radius 3 is 2.78 bits per heavy atom. The van der Waals surface area contributed by atoms with Crippen LogP contribution in [0, 0.1) is 6.92 Å². The van der Waals surface area contributed by atoms with Crippen LogP contribution < -0.4 is 5.32 Å². The molecule has 27 heavy (non-hydrogen) atoms. The molecular weight excluding hydrogens is 360 g/mol. The lowest BCUT2D eigenvalue weighted by atomic mass is 10.1. The van der Waals surface area contributed by atoms with Crippen molar-refractivity contribution in [2.75, 3.05) is 5.32 Å². The minimum absolute atomic E-state index is 0.114. The molecule has 0 unspecified atom stereocenters. The Hall–Kier alpha value is -3.39. The number of nitrogens with one attached hydrogen (secondary N) is 1. The van der Waals surface area contributed by atoms with Crippen LogP contribution in [0.1, 0.15) is 11.3 Å². The standard InChI is InChI=1S/C19H16N6OS/c1-13-16(8-5-9-17(13)25-12-20-23-24-25)22-18(26)10-15-11-27-19(21-15)14-6-3-2-4-7-14/h2-9,11-12H,10H2,1H3,(H,22,26). The molecule has 134 valence electrons. The minimum Gasteiger partial charge on any atom is -0.325 e. The maximum Gasteiger partial charge on any atom is 0.230 e. The summed E-state index contributed by atoms with van der Waals surface area (Å²) in [6, 6.07) is 15.6. The first-order valence-electron chi connectivity index (χ1n) is 8.33. The molecule has 1 amide bonds. The number of benzene rings is 2. The largest absolute Gasteiger partial charge is 0.325 e. The number of carbonyl (C=O) groups is 1. The van der Waals surface area contributed by atoms with Gasteiger partial charge in [-0.25, -0.2) is 9.67 Å². The van der Waals surface area contributed by atoms with Crippen molar-refractivity contribution >= 4 is 22.9 Å². The van der Waals surface area contributed by atoms with Crippen molar-refractivity contribution in [1.82, 2.24) is 25.2 Å². The van der Waals surface area contributed by atoms with E-state index in [4.69, 9.17) is 0 Å². The second-order valence-electron chi connectivity index (χ2n) is 5.94. The van der Waals surface area contributed by atoms with Crippen molar-refractivity contribution in [2.45, 2.75) is 13.3 Å². The fourth-order valence-corrected chi connectivity index (χ4v) is 3.56. The van der Waals surface area contributed by atoms with Crippen molar-refractivity contribution in [3.63, 3.8) is 0 Å². The maximum absolute atomic E-state index is 12.5. The molecule has 0 fully saturated rings. The van der Waals surface area contributed by atoms with Crippen molar-refractivity contribution in [1.29, 1.82) is 0 Å². The molecule has 8 heteroatoms. The van der Waals surface area contributed by atoms with Gasteiger partial charge in [0.15, 0.2) is 0 Å². The average Bonchev–Trinajstić information content (AvgIpc) is 3.36. The summed E-state index contributed by atoms with van der Waals surface area (Å²) < 4.78 is 1.57. The SMILES string of the molecule is Cc1c(NC(=O)Cc2csc(-c3ccccc3)n2)cccc1-n1cnnn1. The van der Waals surface area contributed by atoms with E-state index in [2.05, 4.69) is 25.8 Å². The summed E-state index contributed by atoms with van der Waals surface area (Å²) in [5.41, 5.74) is 4.25. The van der Waals surface area contributed by atoms with E-state index in [-0.39, 0.29) is 12.3 Å². The third kappa shape index (κ3) is 3.75. The first kappa shape index (κ1) is 17.0. The third-order valence-corrected chi connectivity index (χ3v) is 5.03. The normalized spacial score (nSPS) is 10.7. The number of amides is 1. The zero-order valence-corrected chi connectivity index (χ0v) is 15.3.